The Balaban J connectivity index is 1.96. The Morgan fingerprint density at radius 2 is 2.44 bits per heavy atom. The van der Waals surface area contributed by atoms with Gasteiger partial charge in [0.05, 0.1) is 0 Å². The van der Waals surface area contributed by atoms with Crippen LogP contribution in [0.4, 0.5) is 5.69 Å². The molecule has 0 saturated heterocycles. The molecule has 0 aliphatic heterocycles. The van der Waals surface area contributed by atoms with E-state index in [-0.39, 0.29) is 0 Å². The van der Waals surface area contributed by atoms with Crippen LogP contribution in [-0.2, 0) is 0 Å². The number of primary amides is 1. The summed E-state index contributed by atoms with van der Waals surface area (Å²) in [6.07, 6.45) is 5.50. The minimum absolute atomic E-state index is 0.309. The number of hydrogen-bond donors (Lipinski definition) is 2. The maximum Gasteiger partial charge on any atom is 0.267 e. The van der Waals surface area contributed by atoms with Crippen molar-refractivity contribution < 1.29 is 4.79 Å². The molecule has 1 heterocycles. The van der Waals surface area contributed by atoms with Gasteiger partial charge in [-0.25, -0.2) is 0 Å². The summed E-state index contributed by atoms with van der Waals surface area (Å²) in [5.74, 6) is 0.401. The Morgan fingerprint density at radius 3 is 3.06 bits per heavy atom. The van der Waals surface area contributed by atoms with Crippen molar-refractivity contribution in [2.24, 2.45) is 11.7 Å². The third-order valence-electron chi connectivity index (χ3n) is 2.81. The monoisotopic (exact) mass is 219 g/mol. The Kier molecular flexibility index (Phi) is 3.08. The lowest BCUT2D eigenvalue weighted by molar-refractivity contribution is 0.0995. The second-order valence-corrected chi connectivity index (χ2v) is 4.52. The van der Waals surface area contributed by atoms with Crippen LogP contribution in [0, 0.1) is 5.92 Å². The number of anilines is 1. The van der Waals surface area contributed by atoms with E-state index in [2.05, 4.69) is 17.2 Å². The van der Waals surface area contributed by atoms with Crippen LogP contribution in [0.5, 0.6) is 0 Å². The van der Waals surface area contributed by atoms with Gasteiger partial charge in [-0.3, -0.25) is 9.78 Å². The van der Waals surface area contributed by atoms with Crippen LogP contribution in [0.3, 0.4) is 0 Å². The van der Waals surface area contributed by atoms with E-state index in [1.54, 1.807) is 12.3 Å². The van der Waals surface area contributed by atoms with E-state index in [0.717, 1.165) is 11.6 Å². The third-order valence-corrected chi connectivity index (χ3v) is 2.81. The van der Waals surface area contributed by atoms with E-state index < -0.39 is 5.91 Å². The predicted molar refractivity (Wildman–Crippen MR) is 63.2 cm³/mol. The third kappa shape index (κ3) is 2.95. The van der Waals surface area contributed by atoms with Crippen LogP contribution < -0.4 is 11.1 Å². The highest BCUT2D eigenvalue weighted by Crippen LogP contribution is 2.34. The zero-order chi connectivity index (χ0) is 11.5. The number of nitrogens with one attached hydrogen (secondary N) is 1. The average Bonchev–Trinajstić information content (AvgIpc) is 3.01. The molecule has 1 aromatic rings. The Hall–Kier alpha value is -1.58. The molecule has 0 aromatic carbocycles. The maximum absolute atomic E-state index is 11.0. The molecule has 4 nitrogen and oxygen atoms in total. The number of amides is 1. The molecule has 0 spiro atoms. The van der Waals surface area contributed by atoms with Gasteiger partial charge in [0.1, 0.15) is 5.69 Å². The summed E-state index contributed by atoms with van der Waals surface area (Å²) in [5, 5.41) is 3.36. The molecule has 3 N–H and O–H groups in total. The molecule has 2 rings (SSSR count). The highest BCUT2D eigenvalue weighted by atomic mass is 16.1. The minimum atomic E-state index is -0.488. The molecule has 86 valence electrons. The molecule has 1 atom stereocenters. The van der Waals surface area contributed by atoms with Crippen LogP contribution in [0.15, 0.2) is 18.3 Å². The Morgan fingerprint density at radius 1 is 1.69 bits per heavy atom. The Bertz CT molecular complexity index is 388. The second-order valence-electron chi connectivity index (χ2n) is 4.52. The van der Waals surface area contributed by atoms with Crippen molar-refractivity contribution in [1.29, 1.82) is 0 Å². The summed E-state index contributed by atoms with van der Waals surface area (Å²) >= 11 is 0. The van der Waals surface area contributed by atoms with Crippen LogP contribution in [-0.4, -0.2) is 16.9 Å². The normalized spacial score (nSPS) is 16.8. The van der Waals surface area contributed by atoms with Gasteiger partial charge in [-0.1, -0.05) is 12.8 Å². The smallest absolute Gasteiger partial charge is 0.267 e. The predicted octanol–water partition coefficient (Wildman–Crippen LogP) is 1.78. The van der Waals surface area contributed by atoms with E-state index >= 15 is 0 Å². The van der Waals surface area contributed by atoms with Crippen LogP contribution >= 0.6 is 0 Å². The number of nitrogens with zero attached hydrogens (tertiary/aromatic N) is 1. The van der Waals surface area contributed by atoms with Gasteiger partial charge >= 0.3 is 0 Å². The first kappa shape index (κ1) is 10.9. The molecule has 1 unspecified atom stereocenters. The quantitative estimate of drug-likeness (QED) is 0.793. The first-order chi connectivity index (χ1) is 7.65. The van der Waals surface area contributed by atoms with Gasteiger partial charge < -0.3 is 11.1 Å². The summed E-state index contributed by atoms with van der Waals surface area (Å²) in [7, 11) is 0. The standard InChI is InChI=1S/C12H17N3O/c1-8(6-9-2-3-9)15-10-4-5-14-11(7-10)12(13)16/h4-5,7-9H,2-3,6H2,1H3,(H2,13,16)(H,14,15). The summed E-state index contributed by atoms with van der Waals surface area (Å²) in [5.41, 5.74) is 6.40. The summed E-state index contributed by atoms with van der Waals surface area (Å²) < 4.78 is 0. The van der Waals surface area contributed by atoms with Crippen LogP contribution in [0.2, 0.25) is 0 Å². The van der Waals surface area contributed by atoms with Crippen molar-refractivity contribution in [3.05, 3.63) is 24.0 Å². The SMILES string of the molecule is CC(CC1CC1)Nc1ccnc(C(N)=O)c1. The van der Waals surface area contributed by atoms with Gasteiger partial charge in [-0.05, 0) is 31.4 Å². The number of hydrogen-bond acceptors (Lipinski definition) is 3. The molecule has 0 bridgehead atoms. The lowest BCUT2D eigenvalue weighted by atomic mass is 10.1. The molecular weight excluding hydrogens is 202 g/mol. The van der Waals surface area contributed by atoms with Gasteiger partial charge in [0.25, 0.3) is 5.91 Å². The van der Waals surface area contributed by atoms with E-state index in [1.165, 1.54) is 19.3 Å². The van der Waals surface area contributed by atoms with E-state index in [0.29, 0.717) is 11.7 Å². The molecule has 1 aliphatic rings. The highest BCUT2D eigenvalue weighted by Gasteiger charge is 2.23. The molecule has 4 heteroatoms. The van der Waals surface area contributed by atoms with Crippen molar-refractivity contribution in [3.63, 3.8) is 0 Å². The number of carbonyl (C=O) groups is 1. The Labute approximate surface area is 95.3 Å². The molecule has 1 aromatic heterocycles. The van der Waals surface area contributed by atoms with Gasteiger partial charge in [-0.2, -0.15) is 0 Å². The molecule has 1 fully saturated rings. The maximum atomic E-state index is 11.0. The second kappa shape index (κ2) is 4.51. The zero-order valence-electron chi connectivity index (χ0n) is 9.44. The minimum Gasteiger partial charge on any atom is -0.382 e. The zero-order valence-corrected chi connectivity index (χ0v) is 9.44. The largest absolute Gasteiger partial charge is 0.382 e. The van der Waals surface area contributed by atoms with Crippen molar-refractivity contribution in [1.82, 2.24) is 4.98 Å². The van der Waals surface area contributed by atoms with Crippen molar-refractivity contribution in [2.75, 3.05) is 5.32 Å². The first-order valence-corrected chi connectivity index (χ1v) is 5.67. The topological polar surface area (TPSA) is 68.0 Å². The van der Waals surface area contributed by atoms with Gasteiger partial charge in [0.15, 0.2) is 0 Å². The number of carbonyl (C=O) groups excluding carboxylic acids is 1. The van der Waals surface area contributed by atoms with Crippen molar-refractivity contribution in [2.45, 2.75) is 32.2 Å². The lowest BCUT2D eigenvalue weighted by Crippen LogP contribution is -2.17. The fourth-order valence-electron chi connectivity index (χ4n) is 1.85. The molecule has 1 saturated carbocycles. The number of pyridine rings is 1. The van der Waals surface area contributed by atoms with Gasteiger partial charge in [-0.15, -0.1) is 0 Å². The van der Waals surface area contributed by atoms with Crippen molar-refractivity contribution in [3.8, 4) is 0 Å². The lowest BCUT2D eigenvalue weighted by Gasteiger charge is -2.14. The number of nitrogens with two attached hydrogens (primary N) is 1. The molecule has 1 amide bonds. The van der Waals surface area contributed by atoms with E-state index in [9.17, 15) is 4.79 Å². The summed E-state index contributed by atoms with van der Waals surface area (Å²) in [6, 6.07) is 3.98. The van der Waals surface area contributed by atoms with Crippen LogP contribution in [0.25, 0.3) is 0 Å². The van der Waals surface area contributed by atoms with Gasteiger partial charge in [0, 0.05) is 17.9 Å². The summed E-state index contributed by atoms with van der Waals surface area (Å²) in [6.45, 7) is 2.16. The molecule has 1 aliphatic carbocycles. The fraction of sp³-hybridized carbons (Fsp3) is 0.500. The highest BCUT2D eigenvalue weighted by molar-refractivity contribution is 5.91. The van der Waals surface area contributed by atoms with E-state index in [1.807, 2.05) is 6.07 Å². The number of rotatable bonds is 5. The van der Waals surface area contributed by atoms with Crippen molar-refractivity contribution >= 4 is 11.6 Å². The summed E-state index contributed by atoms with van der Waals surface area (Å²) in [4.78, 5) is 14.9. The molecular formula is C12H17N3O. The number of aromatic nitrogens is 1. The molecule has 16 heavy (non-hydrogen) atoms. The molecule has 0 radical (unpaired) electrons. The van der Waals surface area contributed by atoms with E-state index in [4.69, 9.17) is 5.73 Å². The fourth-order valence-corrected chi connectivity index (χ4v) is 1.85. The van der Waals surface area contributed by atoms with Gasteiger partial charge in [0.2, 0.25) is 0 Å². The average molecular weight is 219 g/mol. The van der Waals surface area contributed by atoms with Crippen LogP contribution in [0.1, 0.15) is 36.7 Å². The first-order valence-electron chi connectivity index (χ1n) is 5.67.